The fraction of sp³-hybridized carbons (Fsp3) is 1.00. The van der Waals surface area contributed by atoms with E-state index in [0.717, 1.165) is 103 Å². The summed E-state index contributed by atoms with van der Waals surface area (Å²) in [5, 5.41) is 0. The minimum absolute atomic E-state index is 0. The molecule has 0 atom stereocenters. The quantitative estimate of drug-likeness (QED) is 0.0845. The summed E-state index contributed by atoms with van der Waals surface area (Å²) in [6.45, 7) is 0. The first-order valence-electron chi connectivity index (χ1n) is 15.3. The molecule has 8 N–H and O–H groups in total. The number of nitrogens with one attached hydrogen (secondary N) is 4. The number of rotatable bonds is 8. The minimum Gasteiger partial charge on any atom is -1.00 e. The fourth-order valence-corrected chi connectivity index (χ4v) is 8.35. The first-order chi connectivity index (χ1) is 20.3. The molecule has 4 fully saturated rings. The molecule has 16 nitrogen and oxygen atoms in total. The van der Waals surface area contributed by atoms with E-state index in [0.29, 0.717) is 0 Å². The van der Waals surface area contributed by atoms with E-state index in [1.807, 2.05) is 0 Å². The third kappa shape index (κ3) is 35.3. The second kappa shape index (κ2) is 28.0. The van der Waals surface area contributed by atoms with Crippen molar-refractivity contribution in [2.75, 3.05) is 0 Å². The minimum atomic E-state index is -3.97. The van der Waals surface area contributed by atoms with Gasteiger partial charge in [0.25, 0.3) is 0 Å². The molecular formula is C24H55N4Na3O12S4. The van der Waals surface area contributed by atoms with Gasteiger partial charge in [-0.25, -0.2) is 0 Å². The molecule has 0 radical (unpaired) electrons. The molecule has 4 saturated carbocycles. The summed E-state index contributed by atoms with van der Waals surface area (Å²) >= 11 is 0. The smallest absolute Gasteiger partial charge is 1.00 e. The topological polar surface area (TPSA) is 266 Å². The summed E-state index contributed by atoms with van der Waals surface area (Å²) in [6, 6.07) is -0.171. The van der Waals surface area contributed by atoms with Crippen LogP contribution in [0.25, 0.3) is 0 Å². The molecule has 0 aromatic heterocycles. The Hall–Kier alpha value is 2.48. The largest absolute Gasteiger partial charge is 1.00 e. The van der Waals surface area contributed by atoms with Crippen LogP contribution in [0.5, 0.6) is 0 Å². The summed E-state index contributed by atoms with van der Waals surface area (Å²) < 4.78 is 125. The van der Waals surface area contributed by atoms with Gasteiger partial charge in [0.05, 0.1) is 0 Å². The van der Waals surface area contributed by atoms with Gasteiger partial charge in [0.15, 0.2) is 0 Å². The summed E-state index contributed by atoms with van der Waals surface area (Å²) in [4.78, 5) is 0. The second-order valence-corrected chi connectivity index (χ2v) is 16.5. The van der Waals surface area contributed by atoms with Gasteiger partial charge in [0, 0.05) is 24.2 Å². The van der Waals surface area contributed by atoms with Gasteiger partial charge in [-0.3, -0.25) is 18.2 Å². The van der Waals surface area contributed by atoms with Crippen LogP contribution in [0.4, 0.5) is 0 Å². The van der Waals surface area contributed by atoms with Crippen molar-refractivity contribution in [3.63, 3.8) is 0 Å². The van der Waals surface area contributed by atoms with Crippen LogP contribution in [0, 0.1) is 0 Å². The Kier molecular flexibility index (Phi) is 32.1. The maximum absolute atomic E-state index is 10.3. The van der Waals surface area contributed by atoms with Crippen LogP contribution in [0.3, 0.4) is 0 Å². The Morgan fingerprint density at radius 3 is 0.553 bits per heavy atom. The van der Waals surface area contributed by atoms with Crippen molar-refractivity contribution in [1.29, 1.82) is 0 Å². The first kappa shape index (κ1) is 53.8. The fourth-order valence-electron chi connectivity index (χ4n) is 5.72. The monoisotopic (exact) mass is 788 g/mol. The molecule has 0 spiro atoms. The van der Waals surface area contributed by atoms with Gasteiger partial charge in [0.2, 0.25) is 0 Å². The number of hydrogen-bond acceptors (Lipinski definition) is 8. The van der Waals surface area contributed by atoms with Crippen molar-refractivity contribution in [2.24, 2.45) is 0 Å². The van der Waals surface area contributed by atoms with E-state index in [1.165, 1.54) is 25.7 Å². The van der Waals surface area contributed by atoms with E-state index in [4.69, 9.17) is 18.2 Å². The van der Waals surface area contributed by atoms with Crippen LogP contribution in [-0.2, 0) is 41.2 Å². The predicted octanol–water partition coefficient (Wildman–Crippen LogP) is -5.80. The van der Waals surface area contributed by atoms with Gasteiger partial charge in [-0.15, -0.1) is 0 Å². The summed E-state index contributed by atoms with van der Waals surface area (Å²) in [5.41, 5.74) is 0. The van der Waals surface area contributed by atoms with Gasteiger partial charge >= 0.3 is 130 Å². The van der Waals surface area contributed by atoms with Crippen LogP contribution in [-0.4, -0.2) is 76.0 Å². The van der Waals surface area contributed by atoms with Crippen molar-refractivity contribution in [3.8, 4) is 0 Å². The summed E-state index contributed by atoms with van der Waals surface area (Å²) in [6.07, 6.45) is 19.8. The zero-order chi connectivity index (χ0) is 33.3. The maximum atomic E-state index is 10.3. The molecule has 0 heterocycles. The van der Waals surface area contributed by atoms with Gasteiger partial charge in [-0.05, 0) is 51.4 Å². The molecule has 0 amide bonds. The van der Waals surface area contributed by atoms with E-state index in [2.05, 4.69) is 18.9 Å². The Labute approximate surface area is 353 Å². The van der Waals surface area contributed by atoms with E-state index >= 15 is 0 Å². The van der Waals surface area contributed by atoms with E-state index < -0.39 is 41.2 Å². The molecule has 4 aliphatic carbocycles. The average Bonchev–Trinajstić information content (AvgIpc) is 2.88. The Morgan fingerprint density at radius 2 is 0.447 bits per heavy atom. The van der Waals surface area contributed by atoms with Crippen LogP contribution < -0.4 is 108 Å². The van der Waals surface area contributed by atoms with Gasteiger partial charge in [-0.2, -0.15) is 52.6 Å². The Bertz CT molecular complexity index is 1050. The van der Waals surface area contributed by atoms with Crippen molar-refractivity contribution < 1.29 is 145 Å². The van der Waals surface area contributed by atoms with Crippen molar-refractivity contribution in [3.05, 3.63) is 0 Å². The molecule has 0 aromatic rings. The van der Waals surface area contributed by atoms with Gasteiger partial charge in [0.1, 0.15) is 0 Å². The third-order valence-corrected chi connectivity index (χ3v) is 10.2. The van der Waals surface area contributed by atoms with Crippen LogP contribution in [0.2, 0.25) is 0 Å². The molecule has 47 heavy (non-hydrogen) atoms. The van der Waals surface area contributed by atoms with Gasteiger partial charge < -0.3 is 4.28 Å². The molecule has 0 bridgehead atoms. The number of hydrogen-bond donors (Lipinski definition) is 8. The normalized spacial score (nSPS) is 20.5. The standard InChI is InChI=1S/4C6H13NO3S.3Na.3H/c4*8-11(9,10)7-6-4-2-1-3-5-6;;;;;;/h4*6-7H,1-5H2,(H,8,9,10);;;;;;/q;;;;3*+1;3*-1. The molecule has 0 saturated heterocycles. The molecule has 0 aromatic carbocycles. The molecule has 0 aliphatic heterocycles. The van der Waals surface area contributed by atoms with Gasteiger partial charge in [-0.1, -0.05) is 77.0 Å². The van der Waals surface area contributed by atoms with E-state index in [-0.39, 0.29) is 117 Å². The van der Waals surface area contributed by atoms with Crippen molar-refractivity contribution in [1.82, 2.24) is 18.9 Å². The second-order valence-electron chi connectivity index (χ2n) is 11.7. The molecule has 4 rings (SSSR count). The summed E-state index contributed by atoms with van der Waals surface area (Å²) in [5.74, 6) is 0. The van der Waals surface area contributed by atoms with Crippen molar-refractivity contribution >= 4 is 41.2 Å². The average molecular weight is 789 g/mol. The first-order valence-corrected chi connectivity index (χ1v) is 21.1. The zero-order valence-electron chi connectivity index (χ0n) is 31.1. The maximum Gasteiger partial charge on any atom is 1.00 e. The molecular weight excluding hydrogens is 734 g/mol. The molecule has 4 aliphatic rings. The molecule has 0 unspecified atom stereocenters. The van der Waals surface area contributed by atoms with Crippen LogP contribution in [0.1, 0.15) is 133 Å². The molecule has 270 valence electrons. The summed E-state index contributed by atoms with van der Waals surface area (Å²) in [7, 11) is -15.9. The Morgan fingerprint density at radius 1 is 0.319 bits per heavy atom. The Balaban J connectivity index is -0.000000124. The van der Waals surface area contributed by atoms with E-state index in [1.54, 1.807) is 0 Å². The molecule has 23 heteroatoms. The van der Waals surface area contributed by atoms with Crippen molar-refractivity contribution in [2.45, 2.75) is 153 Å². The zero-order valence-corrected chi connectivity index (χ0v) is 37.4. The third-order valence-electron chi connectivity index (χ3n) is 7.68. The predicted molar refractivity (Wildman–Crippen MR) is 170 cm³/mol. The van der Waals surface area contributed by atoms with Crippen LogP contribution >= 0.6 is 0 Å². The van der Waals surface area contributed by atoms with E-state index in [9.17, 15) is 33.7 Å². The SMILES string of the molecule is O=S(=O)(O)NC1CCCCC1.O=S(=O)(O)NC1CCCCC1.O=S(=O)(O)NC1CCCCC1.O=S(=O)(O)NC1CCCCC1.[H-].[H-].[H-].[Na+].[Na+].[Na+]. The van der Waals surface area contributed by atoms with Crippen LogP contribution in [0.15, 0.2) is 0 Å².